The van der Waals surface area contributed by atoms with Gasteiger partial charge in [0.1, 0.15) is 5.69 Å². The molecule has 8 heteroatoms. The Morgan fingerprint density at radius 1 is 1.42 bits per heavy atom. The third kappa shape index (κ3) is 3.97. The first-order valence-electron chi connectivity index (χ1n) is 8.65. The summed E-state index contributed by atoms with van der Waals surface area (Å²) < 4.78 is 0. The Morgan fingerprint density at radius 3 is 3.19 bits per heavy atom. The molecule has 0 aromatic carbocycles. The highest BCUT2D eigenvalue weighted by atomic mass is 32.1. The molecule has 1 aliphatic heterocycles. The van der Waals surface area contributed by atoms with E-state index in [0.29, 0.717) is 16.7 Å². The quantitative estimate of drug-likeness (QED) is 0.723. The van der Waals surface area contributed by atoms with Gasteiger partial charge in [-0.2, -0.15) is 0 Å². The topological polar surface area (TPSA) is 86.8 Å². The lowest BCUT2D eigenvalue weighted by Gasteiger charge is -2.32. The van der Waals surface area contributed by atoms with Gasteiger partial charge < -0.3 is 4.98 Å². The average Bonchev–Trinajstić information content (AvgIpc) is 3.36. The van der Waals surface area contributed by atoms with E-state index in [1.165, 1.54) is 11.3 Å². The Morgan fingerprint density at radius 2 is 2.38 bits per heavy atom. The number of likely N-dealkylation sites (tertiary alicyclic amines) is 1. The summed E-state index contributed by atoms with van der Waals surface area (Å²) in [7, 11) is 0. The summed E-state index contributed by atoms with van der Waals surface area (Å²) in [6, 6.07) is 5.68. The van der Waals surface area contributed by atoms with E-state index in [9.17, 15) is 4.79 Å². The van der Waals surface area contributed by atoms with Crippen molar-refractivity contribution in [1.29, 1.82) is 0 Å². The van der Waals surface area contributed by atoms with Gasteiger partial charge in [-0.25, -0.2) is 15.0 Å². The van der Waals surface area contributed by atoms with Gasteiger partial charge in [0.25, 0.3) is 5.91 Å². The van der Waals surface area contributed by atoms with E-state index in [2.05, 4.69) is 30.2 Å². The number of piperidine rings is 1. The molecule has 0 saturated carbocycles. The number of anilines is 1. The van der Waals surface area contributed by atoms with E-state index in [-0.39, 0.29) is 5.91 Å². The highest BCUT2D eigenvalue weighted by Gasteiger charge is 2.23. The molecular weight excluding hydrogens is 348 g/mol. The molecule has 0 aliphatic carbocycles. The van der Waals surface area contributed by atoms with Gasteiger partial charge in [0.05, 0.1) is 6.33 Å². The average molecular weight is 368 g/mol. The number of aromatic amines is 1. The number of thiazole rings is 1. The van der Waals surface area contributed by atoms with Crippen LogP contribution in [0.3, 0.4) is 0 Å². The van der Waals surface area contributed by atoms with Crippen molar-refractivity contribution in [3.05, 3.63) is 59.4 Å². The van der Waals surface area contributed by atoms with Crippen LogP contribution in [-0.2, 0) is 6.54 Å². The Hall–Kier alpha value is -2.58. The van der Waals surface area contributed by atoms with Crippen molar-refractivity contribution in [3.8, 4) is 0 Å². The fourth-order valence-corrected chi connectivity index (χ4v) is 3.83. The number of rotatable bonds is 5. The van der Waals surface area contributed by atoms with Gasteiger partial charge in [0.2, 0.25) is 0 Å². The monoisotopic (exact) mass is 368 g/mol. The zero-order valence-electron chi connectivity index (χ0n) is 14.3. The van der Waals surface area contributed by atoms with Crippen molar-refractivity contribution >= 4 is 22.4 Å². The first-order chi connectivity index (χ1) is 12.8. The standard InChI is InChI=1S/C18H20N6OS/c25-17(23-18-20-6-8-26-18)16-5-1-4-15(22-16)13-3-2-7-24(10-13)11-14-9-19-12-21-14/h1,4-6,8-9,12-13H,2-3,7,10-11H2,(H,19,21)(H,20,23,25). The Labute approximate surface area is 155 Å². The minimum atomic E-state index is -0.216. The van der Waals surface area contributed by atoms with Crippen LogP contribution in [0.25, 0.3) is 0 Å². The highest BCUT2D eigenvalue weighted by Crippen LogP contribution is 2.26. The van der Waals surface area contributed by atoms with Gasteiger partial charge in [-0.15, -0.1) is 11.3 Å². The predicted octanol–water partition coefficient (Wildman–Crippen LogP) is 2.89. The molecule has 4 rings (SSSR count). The molecule has 0 bridgehead atoms. The van der Waals surface area contributed by atoms with Gasteiger partial charge in [0, 0.05) is 48.2 Å². The summed E-state index contributed by atoms with van der Waals surface area (Å²) in [5, 5.41) is 5.21. The van der Waals surface area contributed by atoms with Crippen LogP contribution >= 0.6 is 11.3 Å². The van der Waals surface area contributed by atoms with E-state index in [4.69, 9.17) is 0 Å². The second kappa shape index (κ2) is 7.76. The number of hydrogen-bond donors (Lipinski definition) is 2. The molecule has 1 amide bonds. The Bertz CT molecular complexity index is 848. The van der Waals surface area contributed by atoms with E-state index >= 15 is 0 Å². The van der Waals surface area contributed by atoms with Gasteiger partial charge in [0.15, 0.2) is 5.13 Å². The number of hydrogen-bond acceptors (Lipinski definition) is 6. The highest BCUT2D eigenvalue weighted by molar-refractivity contribution is 7.13. The number of pyridine rings is 1. The molecule has 26 heavy (non-hydrogen) atoms. The molecule has 1 fully saturated rings. The molecule has 3 aromatic heterocycles. The van der Waals surface area contributed by atoms with Crippen LogP contribution in [0.5, 0.6) is 0 Å². The molecule has 134 valence electrons. The summed E-state index contributed by atoms with van der Waals surface area (Å²) in [5.74, 6) is 0.117. The van der Waals surface area contributed by atoms with Gasteiger partial charge in [-0.05, 0) is 31.5 Å². The maximum Gasteiger partial charge on any atom is 0.276 e. The van der Waals surface area contributed by atoms with Crippen molar-refractivity contribution in [2.24, 2.45) is 0 Å². The molecular formula is C18H20N6OS. The lowest BCUT2D eigenvalue weighted by atomic mass is 9.94. The van der Waals surface area contributed by atoms with Gasteiger partial charge in [-0.1, -0.05) is 6.07 Å². The summed E-state index contributed by atoms with van der Waals surface area (Å²) in [6.07, 6.45) is 7.45. The number of aromatic nitrogens is 4. The number of imidazole rings is 1. The molecule has 1 aliphatic rings. The molecule has 3 aromatic rings. The first kappa shape index (κ1) is 16.9. The third-order valence-corrected chi connectivity index (χ3v) is 5.22. The fraction of sp³-hybridized carbons (Fsp3) is 0.333. The number of H-pyrrole nitrogens is 1. The van der Waals surface area contributed by atoms with Gasteiger partial charge >= 0.3 is 0 Å². The zero-order chi connectivity index (χ0) is 17.8. The van der Waals surface area contributed by atoms with Crippen molar-refractivity contribution in [1.82, 2.24) is 24.8 Å². The van der Waals surface area contributed by atoms with Crippen LogP contribution in [0.4, 0.5) is 5.13 Å². The van der Waals surface area contributed by atoms with Crippen LogP contribution in [0.2, 0.25) is 0 Å². The summed E-state index contributed by atoms with van der Waals surface area (Å²) in [6.45, 7) is 2.87. The van der Waals surface area contributed by atoms with Crippen LogP contribution in [-0.4, -0.2) is 43.8 Å². The maximum absolute atomic E-state index is 12.4. The molecule has 4 heterocycles. The van der Waals surface area contributed by atoms with Crippen LogP contribution < -0.4 is 5.32 Å². The van der Waals surface area contributed by atoms with E-state index in [1.807, 2.05) is 23.7 Å². The lowest BCUT2D eigenvalue weighted by Crippen LogP contribution is -2.34. The number of carbonyl (C=O) groups is 1. The minimum absolute atomic E-state index is 0.216. The summed E-state index contributed by atoms with van der Waals surface area (Å²) >= 11 is 1.39. The van der Waals surface area contributed by atoms with E-state index < -0.39 is 0 Å². The zero-order valence-corrected chi connectivity index (χ0v) is 15.1. The molecule has 2 N–H and O–H groups in total. The summed E-state index contributed by atoms with van der Waals surface area (Å²) in [4.78, 5) is 30.8. The first-order valence-corrected chi connectivity index (χ1v) is 9.53. The maximum atomic E-state index is 12.4. The summed E-state index contributed by atoms with van der Waals surface area (Å²) in [5.41, 5.74) is 2.53. The number of amides is 1. The van der Waals surface area contributed by atoms with E-state index in [0.717, 1.165) is 43.9 Å². The lowest BCUT2D eigenvalue weighted by molar-refractivity contribution is 0.102. The predicted molar refractivity (Wildman–Crippen MR) is 100 cm³/mol. The number of nitrogens with one attached hydrogen (secondary N) is 2. The molecule has 1 atom stereocenters. The SMILES string of the molecule is O=C(Nc1nccs1)c1cccc(C2CCCN(Cc3cnc[nH]3)C2)n1. The minimum Gasteiger partial charge on any atom is -0.347 e. The third-order valence-electron chi connectivity index (χ3n) is 4.53. The number of carbonyl (C=O) groups excluding carboxylic acids is 1. The molecule has 1 saturated heterocycles. The molecule has 1 unspecified atom stereocenters. The second-order valence-corrected chi connectivity index (χ2v) is 7.28. The van der Waals surface area contributed by atoms with Crippen LogP contribution in [0, 0.1) is 0 Å². The second-order valence-electron chi connectivity index (χ2n) is 6.39. The Kier molecular flexibility index (Phi) is 5.03. The molecule has 0 spiro atoms. The van der Waals surface area contributed by atoms with Crippen LogP contribution in [0.15, 0.2) is 42.3 Å². The Balaban J connectivity index is 1.44. The van der Waals surface area contributed by atoms with Crippen molar-refractivity contribution in [3.63, 3.8) is 0 Å². The molecule has 0 radical (unpaired) electrons. The van der Waals surface area contributed by atoms with Crippen molar-refractivity contribution in [2.45, 2.75) is 25.3 Å². The van der Waals surface area contributed by atoms with Crippen molar-refractivity contribution in [2.75, 3.05) is 18.4 Å². The van der Waals surface area contributed by atoms with Crippen LogP contribution in [0.1, 0.15) is 40.6 Å². The fourth-order valence-electron chi connectivity index (χ4n) is 3.30. The van der Waals surface area contributed by atoms with Gasteiger partial charge in [-0.3, -0.25) is 15.0 Å². The van der Waals surface area contributed by atoms with E-state index in [1.54, 1.807) is 18.6 Å². The van der Waals surface area contributed by atoms with Crippen molar-refractivity contribution < 1.29 is 4.79 Å². The number of nitrogens with zero attached hydrogens (tertiary/aromatic N) is 4. The molecule has 7 nitrogen and oxygen atoms in total. The largest absolute Gasteiger partial charge is 0.347 e. The smallest absolute Gasteiger partial charge is 0.276 e. The normalized spacial score (nSPS) is 17.9.